The first-order valence-electron chi connectivity index (χ1n) is 22.2. The third-order valence-electron chi connectivity index (χ3n) is 12.4. The molecule has 0 bridgehead atoms. The van der Waals surface area contributed by atoms with Crippen LogP contribution in [0.15, 0.2) is 103 Å². The van der Waals surface area contributed by atoms with Gasteiger partial charge in [0.25, 0.3) is 0 Å². The lowest BCUT2D eigenvalue weighted by Gasteiger charge is -2.35. The van der Waals surface area contributed by atoms with E-state index in [9.17, 15) is 0 Å². The Morgan fingerprint density at radius 3 is 1.05 bits per heavy atom. The van der Waals surface area contributed by atoms with Gasteiger partial charge in [0, 0.05) is 22.7 Å². The molecule has 1 aliphatic carbocycles. The fraction of sp³-hybridized carbons (Fsp3) is 0.464. The van der Waals surface area contributed by atoms with Crippen molar-refractivity contribution >= 4 is 45.7 Å². The van der Waals surface area contributed by atoms with Crippen LogP contribution < -0.4 is 9.80 Å². The number of hydrogen-bond acceptors (Lipinski definition) is 2. The second kappa shape index (κ2) is 16.5. The summed E-state index contributed by atoms with van der Waals surface area (Å²) >= 11 is 8.17. The maximum atomic E-state index is 8.17. The Hall–Kier alpha value is -4.01. The average Bonchev–Trinajstić information content (AvgIpc) is 3.15. The molecule has 0 unspecified atom stereocenters. The fourth-order valence-electron chi connectivity index (χ4n) is 8.41. The van der Waals surface area contributed by atoms with Crippen LogP contribution in [0.3, 0.4) is 0 Å². The standard InChI is InChI=1S/C56H73ClN2/c1-52(2,3)40-24-19-27-45(33-40)58(46-28-20-25-41(34-46)53(4,5)6)49-30-39(38-22-17-16-18-23-38)31-50(51(49)57)59(47-29-21-26-42(35-47)54(7,8)9)48-36-43(55(10,11)12)32-44(37-48)56(13,14)15/h19-21,24-38H,16-18,22-23H2,1-15H3. The Morgan fingerprint density at radius 1 is 0.390 bits per heavy atom. The summed E-state index contributed by atoms with van der Waals surface area (Å²) in [5.74, 6) is 0.455. The van der Waals surface area contributed by atoms with Crippen molar-refractivity contribution in [3.05, 3.63) is 142 Å². The van der Waals surface area contributed by atoms with E-state index in [0.717, 1.165) is 39.1 Å². The first kappa shape index (κ1) is 44.5. The zero-order valence-corrected chi connectivity index (χ0v) is 40.0. The van der Waals surface area contributed by atoms with Gasteiger partial charge in [-0.2, -0.15) is 0 Å². The minimum atomic E-state index is -0.0548. The predicted octanol–water partition coefficient (Wildman–Crippen LogP) is 17.8. The first-order chi connectivity index (χ1) is 27.3. The summed E-state index contributed by atoms with van der Waals surface area (Å²) in [6.07, 6.45) is 6.18. The average molecular weight is 810 g/mol. The van der Waals surface area contributed by atoms with Crippen LogP contribution in [0.4, 0.5) is 34.1 Å². The summed E-state index contributed by atoms with van der Waals surface area (Å²) in [7, 11) is 0. The molecule has 1 aliphatic rings. The molecule has 0 heterocycles. The molecule has 0 spiro atoms. The third-order valence-corrected chi connectivity index (χ3v) is 12.8. The quantitative estimate of drug-likeness (QED) is 0.162. The highest BCUT2D eigenvalue weighted by Gasteiger charge is 2.30. The summed E-state index contributed by atoms with van der Waals surface area (Å²) in [6, 6.07) is 39.5. The number of anilines is 6. The lowest BCUT2D eigenvalue weighted by molar-refractivity contribution is 0.444. The largest absolute Gasteiger partial charge is 0.309 e. The van der Waals surface area contributed by atoms with Gasteiger partial charge in [-0.15, -0.1) is 0 Å². The zero-order valence-electron chi connectivity index (χ0n) is 39.2. The van der Waals surface area contributed by atoms with Gasteiger partial charge in [-0.05, 0) is 140 Å². The van der Waals surface area contributed by atoms with E-state index in [-0.39, 0.29) is 27.1 Å². The van der Waals surface area contributed by atoms with Gasteiger partial charge in [-0.1, -0.05) is 177 Å². The van der Waals surface area contributed by atoms with Crippen molar-refractivity contribution in [1.82, 2.24) is 0 Å². The van der Waals surface area contributed by atoms with Crippen molar-refractivity contribution in [2.24, 2.45) is 0 Å². The second-order valence-corrected chi connectivity index (χ2v) is 22.9. The number of benzene rings is 5. The lowest BCUT2D eigenvalue weighted by atomic mass is 9.80. The topological polar surface area (TPSA) is 6.48 Å². The van der Waals surface area contributed by atoms with Crippen molar-refractivity contribution in [2.45, 2.75) is 169 Å². The van der Waals surface area contributed by atoms with E-state index in [1.165, 1.54) is 65.5 Å². The molecule has 5 aromatic rings. The molecule has 1 saturated carbocycles. The molecule has 1 fully saturated rings. The number of hydrogen-bond donors (Lipinski definition) is 0. The molecule has 0 radical (unpaired) electrons. The molecular formula is C56H73ClN2. The normalized spacial score (nSPS) is 14.7. The van der Waals surface area contributed by atoms with E-state index in [1.54, 1.807) is 0 Å². The van der Waals surface area contributed by atoms with E-state index in [2.05, 4.69) is 217 Å². The van der Waals surface area contributed by atoms with Gasteiger partial charge in [-0.3, -0.25) is 0 Å². The molecule has 0 aromatic heterocycles. The van der Waals surface area contributed by atoms with E-state index in [4.69, 9.17) is 11.6 Å². The molecular weight excluding hydrogens is 736 g/mol. The van der Waals surface area contributed by atoms with Gasteiger partial charge >= 0.3 is 0 Å². The van der Waals surface area contributed by atoms with Gasteiger partial charge in [-0.25, -0.2) is 0 Å². The van der Waals surface area contributed by atoms with Crippen molar-refractivity contribution in [1.29, 1.82) is 0 Å². The van der Waals surface area contributed by atoms with Gasteiger partial charge in [0.1, 0.15) is 0 Å². The van der Waals surface area contributed by atoms with Crippen LogP contribution in [0.2, 0.25) is 5.02 Å². The van der Waals surface area contributed by atoms with Gasteiger partial charge < -0.3 is 9.80 Å². The summed E-state index contributed by atoms with van der Waals surface area (Å²) in [5.41, 5.74) is 14.2. The molecule has 5 aromatic carbocycles. The molecule has 0 N–H and O–H groups in total. The molecule has 0 atom stereocenters. The number of halogens is 1. The van der Waals surface area contributed by atoms with Crippen molar-refractivity contribution in [2.75, 3.05) is 9.80 Å². The van der Waals surface area contributed by atoms with Crippen LogP contribution in [-0.4, -0.2) is 0 Å². The minimum Gasteiger partial charge on any atom is -0.309 e. The molecule has 6 rings (SSSR count). The van der Waals surface area contributed by atoms with E-state index in [1.807, 2.05) is 0 Å². The van der Waals surface area contributed by atoms with Crippen LogP contribution in [-0.2, 0) is 27.1 Å². The van der Waals surface area contributed by atoms with Crippen LogP contribution in [0, 0.1) is 0 Å². The maximum absolute atomic E-state index is 8.17. The summed E-state index contributed by atoms with van der Waals surface area (Å²) < 4.78 is 0. The predicted molar refractivity (Wildman–Crippen MR) is 260 cm³/mol. The van der Waals surface area contributed by atoms with Crippen LogP contribution in [0.1, 0.15) is 175 Å². The van der Waals surface area contributed by atoms with Gasteiger partial charge in [0.2, 0.25) is 0 Å². The Kier molecular flexibility index (Phi) is 12.4. The fourth-order valence-corrected chi connectivity index (χ4v) is 8.69. The minimum absolute atomic E-state index is 0.0223. The maximum Gasteiger partial charge on any atom is 0.0887 e. The van der Waals surface area contributed by atoms with Gasteiger partial charge in [0.05, 0.1) is 16.4 Å². The first-order valence-corrected chi connectivity index (χ1v) is 22.6. The summed E-state index contributed by atoms with van der Waals surface area (Å²) in [6.45, 7) is 34.7. The van der Waals surface area contributed by atoms with E-state index in [0.29, 0.717) is 5.92 Å². The van der Waals surface area contributed by atoms with Crippen molar-refractivity contribution in [3.8, 4) is 0 Å². The summed E-state index contributed by atoms with van der Waals surface area (Å²) in [4.78, 5) is 4.92. The Morgan fingerprint density at radius 2 is 0.712 bits per heavy atom. The highest BCUT2D eigenvalue weighted by atomic mass is 35.5. The zero-order chi connectivity index (χ0) is 43.3. The van der Waals surface area contributed by atoms with Crippen LogP contribution in [0.5, 0.6) is 0 Å². The number of nitrogens with zero attached hydrogens (tertiary/aromatic N) is 2. The molecule has 59 heavy (non-hydrogen) atoms. The summed E-state index contributed by atoms with van der Waals surface area (Å²) in [5, 5.41) is 0.742. The van der Waals surface area contributed by atoms with Crippen LogP contribution >= 0.6 is 11.6 Å². The lowest BCUT2D eigenvalue weighted by Crippen LogP contribution is -2.21. The van der Waals surface area contributed by atoms with E-state index < -0.39 is 0 Å². The SMILES string of the molecule is CC(C)(C)c1cccc(N(c2cccc(C(C)(C)C)c2)c2cc(C3CCCCC3)cc(N(c3cccc(C(C)(C)C)c3)c3cc(C(C)(C)C)cc(C(C)(C)C)c3)c2Cl)c1. The third kappa shape index (κ3) is 10.1. The van der Waals surface area contributed by atoms with Crippen LogP contribution in [0.25, 0.3) is 0 Å². The highest BCUT2D eigenvalue weighted by molar-refractivity contribution is 6.36. The highest BCUT2D eigenvalue weighted by Crippen LogP contribution is 2.51. The van der Waals surface area contributed by atoms with Gasteiger partial charge in [0.15, 0.2) is 0 Å². The molecule has 3 heteroatoms. The smallest absolute Gasteiger partial charge is 0.0887 e. The van der Waals surface area contributed by atoms with Crippen molar-refractivity contribution in [3.63, 3.8) is 0 Å². The monoisotopic (exact) mass is 809 g/mol. The number of rotatable bonds is 7. The van der Waals surface area contributed by atoms with E-state index >= 15 is 0 Å². The Balaban J connectivity index is 1.76. The Bertz CT molecular complexity index is 2160. The molecule has 0 saturated heterocycles. The molecule has 2 nitrogen and oxygen atoms in total. The molecule has 314 valence electrons. The Labute approximate surface area is 364 Å². The second-order valence-electron chi connectivity index (χ2n) is 22.5. The van der Waals surface area contributed by atoms with Crippen molar-refractivity contribution < 1.29 is 0 Å². The molecule has 0 aliphatic heterocycles. The molecule has 0 amide bonds.